The van der Waals surface area contributed by atoms with E-state index in [0.29, 0.717) is 25.9 Å². The van der Waals surface area contributed by atoms with Crippen LogP contribution in [0.25, 0.3) is 0 Å². The molecule has 16 heavy (non-hydrogen) atoms. The van der Waals surface area contributed by atoms with Gasteiger partial charge in [0.15, 0.2) is 0 Å². The van der Waals surface area contributed by atoms with Crippen molar-refractivity contribution in [1.29, 1.82) is 0 Å². The molecule has 0 aromatic carbocycles. The summed E-state index contributed by atoms with van der Waals surface area (Å²) in [4.78, 5) is 4.39. The summed E-state index contributed by atoms with van der Waals surface area (Å²) in [5.41, 5.74) is 1.09. The Morgan fingerprint density at radius 1 is 1.50 bits per heavy atom. The highest BCUT2D eigenvalue weighted by atomic mass is 32.1. The minimum absolute atomic E-state index is 0.334. The summed E-state index contributed by atoms with van der Waals surface area (Å²) < 4.78 is 10.3. The number of nitrogens with one attached hydrogen (secondary N) is 1. The van der Waals surface area contributed by atoms with Crippen LogP contribution in [0.2, 0.25) is 0 Å². The second-order valence-electron chi connectivity index (χ2n) is 3.73. The molecule has 0 spiro atoms. The van der Waals surface area contributed by atoms with Gasteiger partial charge in [-0.15, -0.1) is 11.3 Å². The van der Waals surface area contributed by atoms with Crippen LogP contribution in [0, 0.1) is 6.92 Å². The van der Waals surface area contributed by atoms with E-state index >= 15 is 0 Å². The van der Waals surface area contributed by atoms with E-state index < -0.39 is 0 Å². The lowest BCUT2D eigenvalue weighted by atomic mass is 10.3. The van der Waals surface area contributed by atoms with Gasteiger partial charge < -0.3 is 14.8 Å². The lowest BCUT2D eigenvalue weighted by Crippen LogP contribution is -2.30. The first kappa shape index (κ1) is 13.6. The number of hydrogen-bond donors (Lipinski definition) is 1. The second-order valence-corrected chi connectivity index (χ2v) is 4.67. The molecule has 92 valence electrons. The number of ether oxygens (including phenoxy) is 2. The van der Waals surface area contributed by atoms with Gasteiger partial charge >= 0.3 is 0 Å². The standard InChI is InChI=1S/C11H20N2O2S/c1-9(7-15-5-4-14-3)12-6-11-13-10(2)8-16-11/h8-9,12H,4-7H2,1-3H3. The topological polar surface area (TPSA) is 43.4 Å². The monoisotopic (exact) mass is 244 g/mol. The van der Waals surface area contributed by atoms with E-state index in [-0.39, 0.29) is 0 Å². The highest BCUT2D eigenvalue weighted by Gasteiger charge is 2.03. The molecule has 0 radical (unpaired) electrons. The van der Waals surface area contributed by atoms with E-state index in [2.05, 4.69) is 22.6 Å². The van der Waals surface area contributed by atoms with Crippen LogP contribution in [0.15, 0.2) is 5.38 Å². The largest absolute Gasteiger partial charge is 0.382 e. The van der Waals surface area contributed by atoms with E-state index in [4.69, 9.17) is 9.47 Å². The van der Waals surface area contributed by atoms with E-state index in [1.807, 2.05) is 6.92 Å². The molecule has 0 saturated heterocycles. The van der Waals surface area contributed by atoms with Crippen molar-refractivity contribution < 1.29 is 9.47 Å². The lowest BCUT2D eigenvalue weighted by Gasteiger charge is -2.12. The Morgan fingerprint density at radius 3 is 2.94 bits per heavy atom. The molecule has 1 atom stereocenters. The molecular formula is C11H20N2O2S. The first-order chi connectivity index (χ1) is 7.72. The molecule has 1 N–H and O–H groups in total. The van der Waals surface area contributed by atoms with Crippen LogP contribution >= 0.6 is 11.3 Å². The molecule has 0 aliphatic heterocycles. The lowest BCUT2D eigenvalue weighted by molar-refractivity contribution is 0.0608. The minimum Gasteiger partial charge on any atom is -0.382 e. The van der Waals surface area contributed by atoms with Gasteiger partial charge in [0.05, 0.1) is 19.8 Å². The number of thiazole rings is 1. The minimum atomic E-state index is 0.334. The summed E-state index contributed by atoms with van der Waals surface area (Å²) in [6, 6.07) is 0.334. The molecule has 1 unspecified atom stereocenters. The fourth-order valence-electron chi connectivity index (χ4n) is 1.21. The summed E-state index contributed by atoms with van der Waals surface area (Å²) in [7, 11) is 1.68. The Hall–Kier alpha value is -0.490. The van der Waals surface area contributed by atoms with Crippen LogP contribution in [0.5, 0.6) is 0 Å². The Bertz CT molecular complexity index is 291. The van der Waals surface area contributed by atoms with Gasteiger partial charge in [-0.2, -0.15) is 0 Å². The third kappa shape index (κ3) is 5.55. The number of rotatable bonds is 8. The van der Waals surface area contributed by atoms with Crippen LogP contribution in [-0.4, -0.2) is 38.0 Å². The predicted octanol–water partition coefficient (Wildman–Crippen LogP) is 1.59. The van der Waals surface area contributed by atoms with Crippen LogP contribution < -0.4 is 5.32 Å². The SMILES string of the molecule is COCCOCC(C)NCc1nc(C)cs1. The molecule has 0 amide bonds. The molecule has 5 heteroatoms. The second kappa shape index (κ2) is 7.73. The summed E-state index contributed by atoms with van der Waals surface area (Å²) in [6.07, 6.45) is 0. The van der Waals surface area contributed by atoms with Crippen LogP contribution in [0.4, 0.5) is 0 Å². The molecule has 4 nitrogen and oxygen atoms in total. The Kier molecular flexibility index (Phi) is 6.56. The summed E-state index contributed by atoms with van der Waals surface area (Å²) in [5.74, 6) is 0. The fourth-order valence-corrected chi connectivity index (χ4v) is 1.93. The van der Waals surface area contributed by atoms with Crippen molar-refractivity contribution >= 4 is 11.3 Å². The van der Waals surface area contributed by atoms with Crippen molar-refractivity contribution in [2.24, 2.45) is 0 Å². The first-order valence-electron chi connectivity index (χ1n) is 5.43. The number of aromatic nitrogens is 1. The zero-order valence-electron chi connectivity index (χ0n) is 10.2. The molecule has 0 aliphatic rings. The Labute approximate surface area is 101 Å². The summed E-state index contributed by atoms with van der Waals surface area (Å²) in [5, 5.41) is 6.56. The highest BCUT2D eigenvalue weighted by Crippen LogP contribution is 2.08. The van der Waals surface area contributed by atoms with Crippen molar-refractivity contribution in [3.63, 3.8) is 0 Å². The number of nitrogens with zero attached hydrogens (tertiary/aromatic N) is 1. The smallest absolute Gasteiger partial charge is 0.107 e. The van der Waals surface area contributed by atoms with Gasteiger partial charge in [0.1, 0.15) is 5.01 Å². The average Bonchev–Trinajstić information content (AvgIpc) is 2.68. The zero-order chi connectivity index (χ0) is 11.8. The average molecular weight is 244 g/mol. The summed E-state index contributed by atoms with van der Waals surface area (Å²) >= 11 is 1.69. The molecule has 0 fully saturated rings. The molecule has 1 aromatic rings. The van der Waals surface area contributed by atoms with Gasteiger partial charge in [0, 0.05) is 30.8 Å². The fraction of sp³-hybridized carbons (Fsp3) is 0.727. The van der Waals surface area contributed by atoms with Crippen LogP contribution in [0.1, 0.15) is 17.6 Å². The maximum Gasteiger partial charge on any atom is 0.107 e. The number of aryl methyl sites for hydroxylation is 1. The normalized spacial score (nSPS) is 12.9. The van der Waals surface area contributed by atoms with Gasteiger partial charge in [0.2, 0.25) is 0 Å². The van der Waals surface area contributed by atoms with Crippen molar-refractivity contribution in [3.8, 4) is 0 Å². The number of methoxy groups -OCH3 is 1. The maximum atomic E-state index is 5.42. The van der Waals surface area contributed by atoms with E-state index in [1.165, 1.54) is 0 Å². The van der Waals surface area contributed by atoms with Crippen molar-refractivity contribution in [3.05, 3.63) is 16.1 Å². The van der Waals surface area contributed by atoms with Gasteiger partial charge in [-0.1, -0.05) is 0 Å². The van der Waals surface area contributed by atoms with Crippen molar-refractivity contribution in [1.82, 2.24) is 10.3 Å². The Morgan fingerprint density at radius 2 is 2.31 bits per heavy atom. The molecular weight excluding hydrogens is 224 g/mol. The molecule has 1 aromatic heterocycles. The van der Waals surface area contributed by atoms with Gasteiger partial charge in [-0.05, 0) is 13.8 Å². The van der Waals surface area contributed by atoms with Gasteiger partial charge in [-0.3, -0.25) is 0 Å². The maximum absolute atomic E-state index is 5.42. The molecule has 0 aliphatic carbocycles. The highest BCUT2D eigenvalue weighted by molar-refractivity contribution is 7.09. The first-order valence-corrected chi connectivity index (χ1v) is 6.31. The third-order valence-electron chi connectivity index (χ3n) is 2.07. The quantitative estimate of drug-likeness (QED) is 0.705. The Balaban J connectivity index is 2.08. The molecule has 1 heterocycles. The van der Waals surface area contributed by atoms with E-state index in [0.717, 1.165) is 17.2 Å². The molecule has 0 saturated carbocycles. The van der Waals surface area contributed by atoms with E-state index in [9.17, 15) is 0 Å². The number of hydrogen-bond acceptors (Lipinski definition) is 5. The predicted molar refractivity (Wildman–Crippen MR) is 65.8 cm³/mol. The zero-order valence-corrected chi connectivity index (χ0v) is 11.0. The molecule has 1 rings (SSSR count). The van der Waals surface area contributed by atoms with Gasteiger partial charge in [0.25, 0.3) is 0 Å². The van der Waals surface area contributed by atoms with Crippen molar-refractivity contribution in [2.75, 3.05) is 26.9 Å². The van der Waals surface area contributed by atoms with E-state index in [1.54, 1.807) is 18.4 Å². The van der Waals surface area contributed by atoms with Gasteiger partial charge in [-0.25, -0.2) is 4.98 Å². The third-order valence-corrected chi connectivity index (χ3v) is 3.03. The molecule has 0 bridgehead atoms. The van der Waals surface area contributed by atoms with Crippen LogP contribution in [-0.2, 0) is 16.0 Å². The van der Waals surface area contributed by atoms with Crippen molar-refractivity contribution in [2.45, 2.75) is 26.4 Å². The summed E-state index contributed by atoms with van der Waals surface area (Å²) in [6.45, 7) is 6.93. The van der Waals surface area contributed by atoms with Crippen LogP contribution in [0.3, 0.4) is 0 Å².